The maximum atomic E-state index is 5.77. The van der Waals surface area contributed by atoms with Crippen LogP contribution in [0.5, 0.6) is 0 Å². The van der Waals surface area contributed by atoms with E-state index in [9.17, 15) is 0 Å². The molecule has 0 saturated heterocycles. The topological polar surface area (TPSA) is 63.8 Å². The lowest BCUT2D eigenvalue weighted by Gasteiger charge is -2.04. The van der Waals surface area contributed by atoms with E-state index in [1.165, 1.54) is 11.5 Å². The molecule has 0 aliphatic heterocycles. The molecule has 0 radical (unpaired) electrons. The van der Waals surface area contributed by atoms with Gasteiger partial charge in [0.25, 0.3) is 0 Å². The highest BCUT2D eigenvalue weighted by Gasteiger charge is 2.02. The van der Waals surface area contributed by atoms with Gasteiger partial charge in [0.2, 0.25) is 5.13 Å². The van der Waals surface area contributed by atoms with Gasteiger partial charge >= 0.3 is 0 Å². The Labute approximate surface area is 86.0 Å². The van der Waals surface area contributed by atoms with Crippen LogP contribution in [0.4, 0.5) is 16.5 Å². The van der Waals surface area contributed by atoms with Crippen LogP contribution in [-0.4, -0.2) is 9.36 Å². The predicted octanol–water partition coefficient (Wildman–Crippen LogP) is 2.17. The molecular weight excluding hydrogens is 196 g/mol. The minimum Gasteiger partial charge on any atom is -0.397 e. The van der Waals surface area contributed by atoms with Gasteiger partial charge in [-0.3, -0.25) is 0 Å². The van der Waals surface area contributed by atoms with Crippen molar-refractivity contribution in [2.75, 3.05) is 11.1 Å². The molecule has 1 aromatic heterocycles. The number of nitrogens with two attached hydrogens (primary N) is 1. The molecule has 0 bridgehead atoms. The van der Waals surface area contributed by atoms with Crippen molar-refractivity contribution >= 4 is 28.0 Å². The number of aryl methyl sites for hydroxylation is 1. The number of nitrogens with one attached hydrogen (secondary N) is 1. The molecule has 14 heavy (non-hydrogen) atoms. The Kier molecular flexibility index (Phi) is 2.32. The molecule has 72 valence electrons. The largest absolute Gasteiger partial charge is 0.397 e. The van der Waals surface area contributed by atoms with E-state index in [-0.39, 0.29) is 0 Å². The average Bonchev–Trinajstić information content (AvgIpc) is 2.56. The van der Waals surface area contributed by atoms with Crippen molar-refractivity contribution < 1.29 is 0 Å². The van der Waals surface area contributed by atoms with E-state index >= 15 is 0 Å². The molecule has 4 nitrogen and oxygen atoms in total. The fourth-order valence-corrected chi connectivity index (χ4v) is 1.66. The number of benzene rings is 1. The van der Waals surface area contributed by atoms with Gasteiger partial charge in [0, 0.05) is 11.5 Å². The Hall–Kier alpha value is -1.62. The number of rotatable bonds is 2. The minimum atomic E-state index is 0.709. The number of nitrogen functional groups attached to an aromatic ring is 1. The third kappa shape index (κ3) is 1.82. The molecule has 0 amide bonds. The third-order valence-electron chi connectivity index (χ3n) is 1.73. The smallest absolute Gasteiger partial charge is 0.207 e. The van der Waals surface area contributed by atoms with Crippen LogP contribution in [0.3, 0.4) is 0 Å². The van der Waals surface area contributed by atoms with Crippen molar-refractivity contribution in [2.24, 2.45) is 0 Å². The molecule has 3 N–H and O–H groups in total. The van der Waals surface area contributed by atoms with Gasteiger partial charge in [-0.1, -0.05) is 12.1 Å². The van der Waals surface area contributed by atoms with E-state index < -0.39 is 0 Å². The lowest BCUT2D eigenvalue weighted by molar-refractivity contribution is 1.17. The van der Waals surface area contributed by atoms with Crippen molar-refractivity contribution in [2.45, 2.75) is 6.92 Å². The zero-order valence-corrected chi connectivity index (χ0v) is 8.51. The molecule has 5 heteroatoms. The Morgan fingerprint density at radius 1 is 1.36 bits per heavy atom. The summed E-state index contributed by atoms with van der Waals surface area (Å²) in [4.78, 5) is 4.19. The lowest BCUT2D eigenvalue weighted by atomic mass is 10.3. The zero-order valence-electron chi connectivity index (χ0n) is 7.69. The van der Waals surface area contributed by atoms with Gasteiger partial charge in [-0.15, -0.1) is 0 Å². The first-order valence-electron chi connectivity index (χ1n) is 4.17. The lowest BCUT2D eigenvalue weighted by Crippen LogP contribution is -1.95. The van der Waals surface area contributed by atoms with E-state index in [1.807, 2.05) is 31.2 Å². The van der Waals surface area contributed by atoms with Crippen LogP contribution in [0.2, 0.25) is 0 Å². The maximum Gasteiger partial charge on any atom is 0.207 e. The molecule has 1 aromatic carbocycles. The first-order chi connectivity index (χ1) is 6.75. The second-order valence-electron chi connectivity index (χ2n) is 2.86. The first kappa shape index (κ1) is 8.96. The number of hydrogen-bond acceptors (Lipinski definition) is 5. The highest BCUT2D eigenvalue weighted by molar-refractivity contribution is 7.09. The Balaban J connectivity index is 2.23. The molecule has 0 spiro atoms. The summed E-state index contributed by atoms with van der Waals surface area (Å²) in [5, 5.41) is 3.88. The zero-order chi connectivity index (χ0) is 9.97. The highest BCUT2D eigenvalue weighted by Crippen LogP contribution is 2.23. The minimum absolute atomic E-state index is 0.709. The summed E-state index contributed by atoms with van der Waals surface area (Å²) in [6, 6.07) is 7.57. The molecule has 0 aliphatic carbocycles. The predicted molar refractivity (Wildman–Crippen MR) is 58.8 cm³/mol. The fourth-order valence-electron chi connectivity index (χ4n) is 1.07. The van der Waals surface area contributed by atoms with Gasteiger partial charge in [-0.2, -0.15) is 4.37 Å². The number of para-hydroxylation sites is 2. The Bertz CT molecular complexity index is 438. The third-order valence-corrected chi connectivity index (χ3v) is 2.45. The molecular formula is C9H10N4S. The van der Waals surface area contributed by atoms with Crippen LogP contribution >= 0.6 is 11.5 Å². The molecule has 2 aromatic rings. The average molecular weight is 206 g/mol. The van der Waals surface area contributed by atoms with Gasteiger partial charge < -0.3 is 11.1 Å². The summed E-state index contributed by atoms with van der Waals surface area (Å²) in [7, 11) is 0. The number of hydrogen-bond donors (Lipinski definition) is 2. The quantitative estimate of drug-likeness (QED) is 0.739. The van der Waals surface area contributed by atoms with Gasteiger partial charge in [-0.25, -0.2) is 4.98 Å². The van der Waals surface area contributed by atoms with Crippen LogP contribution < -0.4 is 11.1 Å². The SMILES string of the molecule is Cc1nsc(Nc2ccccc2N)n1. The Morgan fingerprint density at radius 2 is 2.14 bits per heavy atom. The summed E-state index contributed by atoms with van der Waals surface area (Å²) in [6.45, 7) is 1.86. The summed E-state index contributed by atoms with van der Waals surface area (Å²) in [6.07, 6.45) is 0. The standard InChI is InChI=1S/C9H10N4S/c1-6-11-9(14-13-6)12-8-5-3-2-4-7(8)10/h2-5H,10H2,1H3,(H,11,12,13). The summed E-state index contributed by atoms with van der Waals surface area (Å²) >= 11 is 1.33. The molecule has 2 rings (SSSR count). The number of anilines is 3. The second-order valence-corrected chi connectivity index (χ2v) is 3.61. The molecule has 0 atom stereocenters. The van der Waals surface area contributed by atoms with E-state index in [1.54, 1.807) is 0 Å². The van der Waals surface area contributed by atoms with Crippen molar-refractivity contribution in [1.82, 2.24) is 9.36 Å². The Morgan fingerprint density at radius 3 is 2.79 bits per heavy atom. The van der Waals surface area contributed by atoms with E-state index in [0.717, 1.165) is 16.6 Å². The molecule has 1 heterocycles. The molecule has 0 aliphatic rings. The highest BCUT2D eigenvalue weighted by atomic mass is 32.1. The molecule has 0 fully saturated rings. The van der Waals surface area contributed by atoms with E-state index in [4.69, 9.17) is 5.73 Å². The van der Waals surface area contributed by atoms with Crippen molar-refractivity contribution in [3.8, 4) is 0 Å². The van der Waals surface area contributed by atoms with Crippen LogP contribution in [-0.2, 0) is 0 Å². The van der Waals surface area contributed by atoms with Crippen LogP contribution in [0.25, 0.3) is 0 Å². The molecule has 0 saturated carbocycles. The van der Waals surface area contributed by atoms with E-state index in [0.29, 0.717) is 5.69 Å². The normalized spacial score (nSPS) is 10.1. The summed E-state index contributed by atoms with van der Waals surface area (Å²) in [5.41, 5.74) is 7.34. The van der Waals surface area contributed by atoms with Gasteiger partial charge in [-0.05, 0) is 19.1 Å². The summed E-state index contributed by atoms with van der Waals surface area (Å²) < 4.78 is 4.07. The van der Waals surface area contributed by atoms with Gasteiger partial charge in [0.1, 0.15) is 5.82 Å². The fraction of sp³-hybridized carbons (Fsp3) is 0.111. The first-order valence-corrected chi connectivity index (χ1v) is 4.95. The van der Waals surface area contributed by atoms with Crippen molar-refractivity contribution in [3.05, 3.63) is 30.1 Å². The summed E-state index contributed by atoms with van der Waals surface area (Å²) in [5.74, 6) is 0.770. The second kappa shape index (κ2) is 3.63. The van der Waals surface area contributed by atoms with Gasteiger partial charge in [0.05, 0.1) is 11.4 Å². The van der Waals surface area contributed by atoms with Gasteiger partial charge in [0.15, 0.2) is 0 Å². The molecule has 0 unspecified atom stereocenters. The maximum absolute atomic E-state index is 5.77. The van der Waals surface area contributed by atoms with E-state index in [2.05, 4.69) is 14.7 Å². The van der Waals surface area contributed by atoms with Crippen LogP contribution in [0.1, 0.15) is 5.82 Å². The number of aromatic nitrogens is 2. The van der Waals surface area contributed by atoms with Crippen LogP contribution in [0, 0.1) is 6.92 Å². The van der Waals surface area contributed by atoms with Crippen LogP contribution in [0.15, 0.2) is 24.3 Å². The van der Waals surface area contributed by atoms with Crippen molar-refractivity contribution in [3.63, 3.8) is 0 Å². The van der Waals surface area contributed by atoms with Crippen molar-refractivity contribution in [1.29, 1.82) is 0 Å². The number of nitrogens with zero attached hydrogens (tertiary/aromatic N) is 2. The monoisotopic (exact) mass is 206 g/mol.